The maximum atomic E-state index is 14.2. The van der Waals surface area contributed by atoms with Gasteiger partial charge in [0.2, 0.25) is 0 Å². The van der Waals surface area contributed by atoms with Gasteiger partial charge in [-0.2, -0.15) is 52.7 Å². The summed E-state index contributed by atoms with van der Waals surface area (Å²) < 4.78 is 170. The molecule has 0 radical (unpaired) electrons. The highest BCUT2D eigenvalue weighted by Gasteiger charge is 2.41. The molecule has 5 aromatic carbocycles. The smallest absolute Gasteiger partial charge is 0.166 e. The molecule has 286 valence electrons. The van der Waals surface area contributed by atoms with Gasteiger partial charge in [-0.15, -0.1) is 0 Å². The molecular formula is C41H28F12P2. The van der Waals surface area contributed by atoms with Crippen molar-refractivity contribution in [3.05, 3.63) is 167 Å². The molecule has 0 aromatic heterocycles. The predicted molar refractivity (Wildman–Crippen MR) is 194 cm³/mol. The van der Waals surface area contributed by atoms with Crippen LogP contribution >= 0.6 is 15.8 Å². The van der Waals surface area contributed by atoms with Gasteiger partial charge in [-0.25, -0.2) is 0 Å². The first-order valence-corrected chi connectivity index (χ1v) is 19.3. The summed E-state index contributed by atoms with van der Waals surface area (Å²) in [6, 6.07) is 27.6. The molecule has 0 heterocycles. The minimum absolute atomic E-state index is 0.124. The Kier molecular flexibility index (Phi) is 11.2. The fourth-order valence-corrected chi connectivity index (χ4v) is 11.9. The quantitative estimate of drug-likeness (QED) is 0.108. The number of hydrogen-bond donors (Lipinski definition) is 0. The van der Waals surface area contributed by atoms with Gasteiger partial charge in [-0.1, -0.05) is 104 Å². The van der Waals surface area contributed by atoms with Crippen LogP contribution in [0.2, 0.25) is 0 Å². The van der Waals surface area contributed by atoms with Crippen LogP contribution in [0, 0.1) is 0 Å². The molecule has 0 spiro atoms. The summed E-state index contributed by atoms with van der Waals surface area (Å²) in [6.07, 6.45) is -17.8. The van der Waals surface area contributed by atoms with E-state index in [1.807, 2.05) is 78.9 Å². The molecule has 0 saturated heterocycles. The van der Waals surface area contributed by atoms with Gasteiger partial charge in [0.05, 0.1) is 22.3 Å². The zero-order chi connectivity index (χ0) is 39.9. The molecule has 1 aliphatic rings. The topological polar surface area (TPSA) is 0 Å². The van der Waals surface area contributed by atoms with Gasteiger partial charge < -0.3 is 0 Å². The van der Waals surface area contributed by atoms with Crippen LogP contribution in [0.15, 0.2) is 139 Å². The molecule has 0 saturated carbocycles. The maximum Gasteiger partial charge on any atom is 0.416 e. The van der Waals surface area contributed by atoms with E-state index in [1.54, 1.807) is 18.2 Å². The van der Waals surface area contributed by atoms with Crippen LogP contribution < -0.4 is 26.5 Å². The molecule has 0 nitrogen and oxygen atoms in total. The van der Waals surface area contributed by atoms with Gasteiger partial charge in [-0.3, -0.25) is 0 Å². The molecule has 0 unspecified atom stereocenters. The molecule has 0 aliphatic heterocycles. The molecule has 1 aliphatic carbocycles. The molecule has 5 aromatic rings. The summed E-state index contributed by atoms with van der Waals surface area (Å²) in [5.41, 5.74) is -6.48. The van der Waals surface area contributed by atoms with E-state index < -0.39 is 79.1 Å². The second-order valence-corrected chi connectivity index (χ2v) is 17.4. The average Bonchev–Trinajstić information content (AvgIpc) is 3.61. The number of rotatable bonds is 8. The lowest BCUT2D eigenvalue weighted by atomic mass is 10.00. The van der Waals surface area contributed by atoms with Gasteiger partial charge in [0.25, 0.3) is 0 Å². The van der Waals surface area contributed by atoms with Crippen LogP contribution in [-0.4, -0.2) is 5.66 Å². The fraction of sp³-hybridized carbons (Fsp3) is 0.171. The first-order chi connectivity index (χ1) is 25.7. The van der Waals surface area contributed by atoms with E-state index >= 15 is 0 Å². The normalized spacial score (nSPS) is 14.7. The van der Waals surface area contributed by atoms with Gasteiger partial charge in [0.15, 0.2) is 0 Å². The molecule has 1 atom stereocenters. The van der Waals surface area contributed by atoms with Crippen LogP contribution in [0.5, 0.6) is 0 Å². The Morgan fingerprint density at radius 2 is 0.855 bits per heavy atom. The second kappa shape index (κ2) is 15.3. The summed E-state index contributed by atoms with van der Waals surface area (Å²) >= 11 is 0. The zero-order valence-electron chi connectivity index (χ0n) is 28.4. The number of hydrogen-bond acceptors (Lipinski definition) is 0. The minimum atomic E-state index is -5.33. The third-order valence-corrected chi connectivity index (χ3v) is 14.2. The van der Waals surface area contributed by atoms with E-state index in [1.165, 1.54) is 6.92 Å². The number of halogens is 12. The fourth-order valence-electron chi connectivity index (χ4n) is 6.57. The number of benzene rings is 5. The third kappa shape index (κ3) is 8.86. The van der Waals surface area contributed by atoms with Crippen LogP contribution in [0.4, 0.5) is 52.7 Å². The minimum Gasteiger partial charge on any atom is -0.166 e. The third-order valence-electron chi connectivity index (χ3n) is 9.01. The summed E-state index contributed by atoms with van der Waals surface area (Å²) in [6.45, 7) is 1.41. The van der Waals surface area contributed by atoms with Crippen LogP contribution in [0.1, 0.15) is 41.2 Å². The summed E-state index contributed by atoms with van der Waals surface area (Å²) in [5.74, 6) is 0. The molecular weight excluding hydrogens is 782 g/mol. The van der Waals surface area contributed by atoms with Crippen molar-refractivity contribution in [2.45, 2.75) is 43.7 Å². The highest BCUT2D eigenvalue weighted by Crippen LogP contribution is 2.51. The first kappa shape index (κ1) is 40.3. The highest BCUT2D eigenvalue weighted by atomic mass is 31.1. The molecule has 14 heteroatoms. The van der Waals surface area contributed by atoms with E-state index in [-0.39, 0.29) is 18.6 Å². The van der Waals surface area contributed by atoms with Gasteiger partial charge in [-0.05, 0) is 102 Å². The van der Waals surface area contributed by atoms with Crippen molar-refractivity contribution < 1.29 is 52.7 Å². The SMILES string of the molecule is C[C@@H](C1=C(c2ccccc2P(c2ccccc2)c2ccccc2)CC=C1)P(c1cc(C(F)(F)F)cc(C(F)(F)F)c1)c1cc(C(F)(F)F)cc(C(F)(F)F)c1. The lowest BCUT2D eigenvalue weighted by molar-refractivity contribution is -0.144. The van der Waals surface area contributed by atoms with Crippen LogP contribution in [-0.2, 0) is 24.7 Å². The molecule has 55 heavy (non-hydrogen) atoms. The maximum absolute atomic E-state index is 14.2. The Balaban J connectivity index is 1.63. The predicted octanol–water partition coefficient (Wildman–Crippen LogP) is 11.8. The Morgan fingerprint density at radius 1 is 0.473 bits per heavy atom. The average molecular weight is 811 g/mol. The van der Waals surface area contributed by atoms with Crippen molar-refractivity contribution in [1.29, 1.82) is 0 Å². The lowest BCUT2D eigenvalue weighted by Crippen LogP contribution is -2.27. The van der Waals surface area contributed by atoms with Gasteiger partial charge >= 0.3 is 24.7 Å². The summed E-state index contributed by atoms with van der Waals surface area (Å²) in [4.78, 5) is 0. The number of allylic oxidation sites excluding steroid dienone is 4. The zero-order valence-corrected chi connectivity index (χ0v) is 30.2. The van der Waals surface area contributed by atoms with Crippen molar-refractivity contribution in [3.63, 3.8) is 0 Å². The van der Waals surface area contributed by atoms with Gasteiger partial charge in [0, 0.05) is 5.66 Å². The Bertz CT molecular complexity index is 2040. The van der Waals surface area contributed by atoms with E-state index in [9.17, 15) is 52.7 Å². The Morgan fingerprint density at radius 3 is 1.25 bits per heavy atom. The molecule has 6 rings (SSSR count). The van der Waals surface area contributed by atoms with Crippen molar-refractivity contribution in [2.24, 2.45) is 0 Å². The molecule has 0 N–H and O–H groups in total. The lowest BCUT2D eigenvalue weighted by Gasteiger charge is -2.30. The van der Waals surface area contributed by atoms with Crippen molar-refractivity contribution in [3.8, 4) is 0 Å². The van der Waals surface area contributed by atoms with Crippen LogP contribution in [0.25, 0.3) is 5.57 Å². The molecule has 0 amide bonds. The molecule has 0 bridgehead atoms. The Labute approximate surface area is 310 Å². The van der Waals surface area contributed by atoms with E-state index in [0.717, 1.165) is 15.9 Å². The summed E-state index contributed by atoms with van der Waals surface area (Å²) in [7, 11) is -4.06. The first-order valence-electron chi connectivity index (χ1n) is 16.5. The summed E-state index contributed by atoms with van der Waals surface area (Å²) in [5, 5.41) is 1.40. The highest BCUT2D eigenvalue weighted by molar-refractivity contribution is 7.80. The van der Waals surface area contributed by atoms with Crippen molar-refractivity contribution in [2.75, 3.05) is 0 Å². The second-order valence-electron chi connectivity index (χ2n) is 12.6. The Hall–Kier alpha value is -4.40. The van der Waals surface area contributed by atoms with E-state index in [4.69, 9.17) is 0 Å². The van der Waals surface area contributed by atoms with E-state index in [0.29, 0.717) is 41.0 Å². The largest absolute Gasteiger partial charge is 0.416 e. The monoisotopic (exact) mass is 810 g/mol. The van der Waals surface area contributed by atoms with Crippen molar-refractivity contribution in [1.82, 2.24) is 0 Å². The van der Waals surface area contributed by atoms with Crippen LogP contribution in [0.3, 0.4) is 0 Å². The van der Waals surface area contributed by atoms with E-state index in [2.05, 4.69) is 0 Å². The van der Waals surface area contributed by atoms with Crippen molar-refractivity contribution >= 4 is 47.9 Å². The number of alkyl halides is 12. The van der Waals surface area contributed by atoms with Gasteiger partial charge in [0.1, 0.15) is 0 Å². The molecule has 0 fully saturated rings. The standard InChI is InChI=1S/C41H28F12P2/c1-25(34-16-10-17-35(34)36-15-8-9-18-37(36)55(30-11-4-2-5-12-30)31-13-6-3-7-14-31)54(32-21-26(38(42,43)44)19-27(22-32)39(45,46)47)33-23-28(40(48,49)50)20-29(24-33)41(51,52)53/h2-16,18-25H,17H2,1H3/t25-/m0/s1.